The van der Waals surface area contributed by atoms with Crippen LogP contribution in [-0.2, 0) is 18.3 Å². The zero-order chi connectivity index (χ0) is 21.2. The van der Waals surface area contributed by atoms with Crippen LogP contribution in [0.25, 0.3) is 10.9 Å². The lowest BCUT2D eigenvalue weighted by atomic mass is 9.56. The molecule has 1 aromatic heterocycles. The van der Waals surface area contributed by atoms with Gasteiger partial charge in [-0.15, -0.1) is 0 Å². The van der Waals surface area contributed by atoms with Gasteiger partial charge in [-0.3, -0.25) is 0 Å². The molecule has 0 bridgehead atoms. The number of aryl methyl sites for hydroxylation is 1. The van der Waals surface area contributed by atoms with Gasteiger partial charge in [0, 0.05) is 47.9 Å². The number of aromatic amines is 1. The first-order chi connectivity index (χ1) is 15.0. The van der Waals surface area contributed by atoms with Crippen molar-refractivity contribution in [3.8, 4) is 5.75 Å². The standard InChI is InChI=1S/C27H32N2O2/c1-18-5-3-8-23-25(18)22-14-27(30)17-29(16-19-9-10-19)12-11-26(27,15-24(22)28-23)20-6-4-7-21(13-20)31-2/h3-8,13,19,28,30H,9-12,14-17H2,1-2H3. The van der Waals surface area contributed by atoms with Crippen molar-refractivity contribution in [2.24, 2.45) is 5.92 Å². The molecule has 2 aromatic carbocycles. The summed E-state index contributed by atoms with van der Waals surface area (Å²) in [5.41, 5.74) is 5.22. The van der Waals surface area contributed by atoms with Gasteiger partial charge in [0.25, 0.3) is 0 Å². The number of piperidine rings is 1. The SMILES string of the molecule is COc1cccc(C23CCN(CC4CC4)CC2(O)Cc2c([nH]c4cccc(C)c24)C3)c1. The number of β-amino-alcohol motifs (C(OH)–C–C–N with tert-alkyl or cyclic N) is 1. The number of nitrogens with one attached hydrogen (secondary N) is 1. The summed E-state index contributed by atoms with van der Waals surface area (Å²) in [7, 11) is 1.72. The maximum absolute atomic E-state index is 12.5. The fourth-order valence-electron chi connectivity index (χ4n) is 6.42. The van der Waals surface area contributed by atoms with Crippen LogP contribution < -0.4 is 4.74 Å². The van der Waals surface area contributed by atoms with Gasteiger partial charge in [-0.2, -0.15) is 0 Å². The molecule has 0 spiro atoms. The van der Waals surface area contributed by atoms with Gasteiger partial charge in [0.1, 0.15) is 5.75 Å². The predicted octanol–water partition coefficient (Wildman–Crippen LogP) is 4.37. The molecule has 0 amide bonds. The van der Waals surface area contributed by atoms with E-state index in [2.05, 4.69) is 53.2 Å². The summed E-state index contributed by atoms with van der Waals surface area (Å²) in [4.78, 5) is 6.26. The van der Waals surface area contributed by atoms with Gasteiger partial charge < -0.3 is 19.7 Å². The molecule has 3 aromatic rings. The van der Waals surface area contributed by atoms with Crippen LogP contribution in [0, 0.1) is 12.8 Å². The minimum absolute atomic E-state index is 0.302. The number of hydrogen-bond acceptors (Lipinski definition) is 3. The predicted molar refractivity (Wildman–Crippen MR) is 124 cm³/mol. The molecule has 0 radical (unpaired) electrons. The Labute approximate surface area is 184 Å². The van der Waals surface area contributed by atoms with Gasteiger partial charge in [-0.05, 0) is 73.5 Å². The molecule has 4 heteroatoms. The van der Waals surface area contributed by atoms with Crippen molar-refractivity contribution in [3.63, 3.8) is 0 Å². The van der Waals surface area contributed by atoms with Gasteiger partial charge in [0.05, 0.1) is 12.7 Å². The molecule has 4 nitrogen and oxygen atoms in total. The highest BCUT2D eigenvalue weighted by molar-refractivity contribution is 5.88. The number of ether oxygens (including phenoxy) is 1. The Balaban J connectivity index is 1.50. The highest BCUT2D eigenvalue weighted by Crippen LogP contribution is 2.52. The fourth-order valence-corrected chi connectivity index (χ4v) is 6.42. The van der Waals surface area contributed by atoms with Crippen molar-refractivity contribution in [2.75, 3.05) is 26.7 Å². The number of aromatic nitrogens is 1. The number of benzene rings is 2. The molecule has 2 atom stereocenters. The van der Waals surface area contributed by atoms with Crippen molar-refractivity contribution in [2.45, 2.75) is 50.0 Å². The van der Waals surface area contributed by atoms with E-state index in [1.165, 1.54) is 46.1 Å². The van der Waals surface area contributed by atoms with Crippen LogP contribution in [0.5, 0.6) is 5.75 Å². The van der Waals surface area contributed by atoms with Crippen LogP contribution in [0.15, 0.2) is 42.5 Å². The second-order valence-corrected chi connectivity index (χ2v) is 10.2. The van der Waals surface area contributed by atoms with Crippen molar-refractivity contribution < 1.29 is 9.84 Å². The van der Waals surface area contributed by atoms with Crippen LogP contribution in [0.1, 0.15) is 41.6 Å². The molecule has 2 N–H and O–H groups in total. The van der Waals surface area contributed by atoms with Gasteiger partial charge >= 0.3 is 0 Å². The van der Waals surface area contributed by atoms with Gasteiger partial charge in [0.2, 0.25) is 0 Å². The van der Waals surface area contributed by atoms with E-state index < -0.39 is 5.60 Å². The third-order valence-electron chi connectivity index (χ3n) is 8.24. The number of nitrogens with zero attached hydrogens (tertiary/aromatic N) is 1. The number of aliphatic hydroxyl groups is 1. The molecule has 31 heavy (non-hydrogen) atoms. The minimum Gasteiger partial charge on any atom is -0.497 e. The van der Waals surface area contributed by atoms with Crippen molar-refractivity contribution in [1.82, 2.24) is 9.88 Å². The Morgan fingerprint density at radius 2 is 2.00 bits per heavy atom. The van der Waals surface area contributed by atoms with E-state index in [9.17, 15) is 5.11 Å². The lowest BCUT2D eigenvalue weighted by Gasteiger charge is -2.56. The normalized spacial score (nSPS) is 28.4. The van der Waals surface area contributed by atoms with Crippen molar-refractivity contribution in [1.29, 1.82) is 0 Å². The second kappa shape index (κ2) is 6.85. The summed E-state index contributed by atoms with van der Waals surface area (Å²) in [5, 5.41) is 13.8. The maximum atomic E-state index is 12.5. The molecule has 2 unspecified atom stereocenters. The molecule has 2 heterocycles. The molecule has 2 fully saturated rings. The third kappa shape index (κ3) is 2.95. The summed E-state index contributed by atoms with van der Waals surface area (Å²) < 4.78 is 5.57. The maximum Gasteiger partial charge on any atom is 0.119 e. The number of methoxy groups -OCH3 is 1. The van der Waals surface area contributed by atoms with E-state index in [1.54, 1.807) is 7.11 Å². The fraction of sp³-hybridized carbons (Fsp3) is 0.481. The van der Waals surface area contributed by atoms with E-state index in [-0.39, 0.29) is 5.41 Å². The van der Waals surface area contributed by atoms with E-state index in [4.69, 9.17) is 4.74 Å². The van der Waals surface area contributed by atoms with E-state index in [0.717, 1.165) is 44.1 Å². The number of rotatable bonds is 4. The molecular weight excluding hydrogens is 384 g/mol. The molecule has 2 aliphatic carbocycles. The van der Waals surface area contributed by atoms with Gasteiger partial charge in [-0.1, -0.05) is 24.3 Å². The molecular formula is C27H32N2O2. The number of H-pyrrole nitrogens is 1. The first-order valence-corrected chi connectivity index (χ1v) is 11.7. The van der Waals surface area contributed by atoms with Crippen LogP contribution >= 0.6 is 0 Å². The van der Waals surface area contributed by atoms with Gasteiger partial charge in [-0.25, -0.2) is 0 Å². The Kier molecular flexibility index (Phi) is 4.28. The second-order valence-electron chi connectivity index (χ2n) is 10.2. The van der Waals surface area contributed by atoms with Crippen LogP contribution in [-0.4, -0.2) is 47.3 Å². The Bertz CT molecular complexity index is 1150. The van der Waals surface area contributed by atoms with Crippen LogP contribution in [0.4, 0.5) is 0 Å². The van der Waals surface area contributed by atoms with Crippen molar-refractivity contribution >= 4 is 10.9 Å². The number of likely N-dealkylation sites (tertiary alicyclic amines) is 1. The molecule has 6 rings (SSSR count). The smallest absolute Gasteiger partial charge is 0.119 e. The van der Waals surface area contributed by atoms with E-state index >= 15 is 0 Å². The zero-order valence-electron chi connectivity index (χ0n) is 18.6. The summed E-state index contributed by atoms with van der Waals surface area (Å²) in [5.74, 6) is 1.70. The first kappa shape index (κ1) is 19.4. The topological polar surface area (TPSA) is 48.5 Å². The minimum atomic E-state index is -0.795. The molecule has 1 saturated carbocycles. The van der Waals surface area contributed by atoms with Crippen LogP contribution in [0.2, 0.25) is 0 Å². The molecule has 1 aliphatic heterocycles. The summed E-state index contributed by atoms with van der Waals surface area (Å²) in [6, 6.07) is 14.9. The van der Waals surface area contributed by atoms with E-state index in [1.807, 2.05) is 6.07 Å². The highest BCUT2D eigenvalue weighted by atomic mass is 16.5. The van der Waals surface area contributed by atoms with Gasteiger partial charge in [0.15, 0.2) is 0 Å². The largest absolute Gasteiger partial charge is 0.497 e. The number of fused-ring (bicyclic) bond motifs is 4. The monoisotopic (exact) mass is 416 g/mol. The Hall–Kier alpha value is -2.30. The first-order valence-electron chi connectivity index (χ1n) is 11.7. The lowest BCUT2D eigenvalue weighted by Crippen LogP contribution is -2.66. The van der Waals surface area contributed by atoms with Crippen molar-refractivity contribution in [3.05, 3.63) is 64.8 Å². The zero-order valence-corrected chi connectivity index (χ0v) is 18.6. The summed E-state index contributed by atoms with van der Waals surface area (Å²) in [6.07, 6.45) is 5.21. The highest BCUT2D eigenvalue weighted by Gasteiger charge is 2.58. The lowest BCUT2D eigenvalue weighted by molar-refractivity contribution is -0.103. The van der Waals surface area contributed by atoms with Crippen LogP contribution in [0.3, 0.4) is 0 Å². The molecule has 1 saturated heterocycles. The van der Waals surface area contributed by atoms with E-state index in [0.29, 0.717) is 6.42 Å². The Morgan fingerprint density at radius 1 is 1.16 bits per heavy atom. The average molecular weight is 417 g/mol. The third-order valence-corrected chi connectivity index (χ3v) is 8.24. The summed E-state index contributed by atoms with van der Waals surface area (Å²) >= 11 is 0. The average Bonchev–Trinajstić information content (AvgIpc) is 3.51. The molecule has 3 aliphatic rings. The number of hydrogen-bond donors (Lipinski definition) is 2. The molecule has 162 valence electrons. The summed E-state index contributed by atoms with van der Waals surface area (Å²) in [6.45, 7) is 5.12. The quantitative estimate of drug-likeness (QED) is 0.664. The Morgan fingerprint density at radius 3 is 2.81 bits per heavy atom.